The van der Waals surface area contributed by atoms with E-state index >= 15 is 0 Å². The van der Waals surface area contributed by atoms with Crippen LogP contribution in [0.4, 0.5) is 0 Å². The molecule has 0 atom stereocenters. The highest BCUT2D eigenvalue weighted by molar-refractivity contribution is 6.60. The van der Waals surface area contributed by atoms with E-state index in [-0.39, 0.29) is 0 Å². The van der Waals surface area contributed by atoms with Gasteiger partial charge in [-0.1, -0.05) is 144 Å². The smallest absolute Gasteiger partial charge is 0.0000473 e. The molecule has 0 bridgehead atoms. The highest BCUT2D eigenvalue weighted by Crippen LogP contribution is 2.59. The maximum atomic E-state index is 2.46. The lowest BCUT2D eigenvalue weighted by Crippen LogP contribution is -1.99. The van der Waals surface area contributed by atoms with Crippen LogP contribution in [0.15, 0.2) is 121 Å². The fourth-order valence-electron chi connectivity index (χ4n) is 10.9. The molecule has 0 heteroatoms. The quantitative estimate of drug-likeness (QED) is 0.113. The minimum Gasteiger partial charge on any atom is -0.0616 e. The van der Waals surface area contributed by atoms with Crippen molar-refractivity contribution in [1.82, 2.24) is 0 Å². The van der Waals surface area contributed by atoms with Gasteiger partial charge in [-0.3, -0.25) is 0 Å². The van der Waals surface area contributed by atoms with Crippen molar-refractivity contribution in [2.24, 2.45) is 0 Å². The molecule has 13 aromatic carbocycles. The molecule has 0 amide bonds. The Balaban J connectivity index is 1.60. The van der Waals surface area contributed by atoms with E-state index in [9.17, 15) is 0 Å². The van der Waals surface area contributed by atoms with Crippen molar-refractivity contribution in [2.45, 2.75) is 27.7 Å². The maximum absolute atomic E-state index is 2.46. The number of hydrogen-bond donors (Lipinski definition) is 0. The summed E-state index contributed by atoms with van der Waals surface area (Å²) in [5, 5.41) is 33.2. The van der Waals surface area contributed by atoms with Crippen LogP contribution in [0.2, 0.25) is 0 Å². The van der Waals surface area contributed by atoms with Crippen LogP contribution in [0, 0.1) is 27.7 Å². The third-order valence-electron chi connectivity index (χ3n) is 12.8. The monoisotopic (exact) mass is 656 g/mol. The summed E-state index contributed by atoms with van der Waals surface area (Å²) < 4.78 is 0. The van der Waals surface area contributed by atoms with Crippen molar-refractivity contribution in [3.63, 3.8) is 0 Å². The van der Waals surface area contributed by atoms with E-state index in [4.69, 9.17) is 0 Å². The lowest BCUT2D eigenvalue weighted by atomic mass is 9.74. The van der Waals surface area contributed by atoms with Gasteiger partial charge in [0, 0.05) is 0 Å². The molecule has 52 heavy (non-hydrogen) atoms. The molecule has 0 heterocycles. The highest BCUT2D eigenvalue weighted by Gasteiger charge is 2.30. The first kappa shape index (κ1) is 27.5. The fraction of sp³-hybridized carbons (Fsp3) is 0.0769. The summed E-state index contributed by atoms with van der Waals surface area (Å²) in [6.07, 6.45) is 0. The zero-order valence-corrected chi connectivity index (χ0v) is 29.5. The van der Waals surface area contributed by atoms with Gasteiger partial charge in [0.2, 0.25) is 0 Å². The first-order valence-corrected chi connectivity index (χ1v) is 18.6. The average molecular weight is 657 g/mol. The predicted octanol–water partition coefficient (Wildman–Crippen LogP) is 15.1. The van der Waals surface area contributed by atoms with Crippen molar-refractivity contribution in [2.75, 3.05) is 0 Å². The zero-order chi connectivity index (χ0) is 34.3. The summed E-state index contributed by atoms with van der Waals surface area (Å²) in [4.78, 5) is 0. The lowest BCUT2D eigenvalue weighted by Gasteiger charge is -2.28. The highest BCUT2D eigenvalue weighted by atomic mass is 14.3. The molecular formula is C52H32. The van der Waals surface area contributed by atoms with Gasteiger partial charge in [-0.05, 0) is 157 Å². The van der Waals surface area contributed by atoms with E-state index in [0.29, 0.717) is 0 Å². The molecule has 0 aromatic heterocycles. The molecule has 0 aliphatic carbocycles. The Kier molecular flexibility index (Phi) is 4.74. The maximum Gasteiger partial charge on any atom is -0.0000473 e. The van der Waals surface area contributed by atoms with Crippen molar-refractivity contribution in [3.8, 4) is 0 Å². The molecule has 0 nitrogen and oxygen atoms in total. The Morgan fingerprint density at radius 3 is 0.615 bits per heavy atom. The molecular weight excluding hydrogens is 625 g/mol. The van der Waals surface area contributed by atoms with Crippen LogP contribution in [0.5, 0.6) is 0 Å². The van der Waals surface area contributed by atoms with Crippen LogP contribution in [0.25, 0.3) is 129 Å². The Hall–Kier alpha value is -6.24. The van der Waals surface area contributed by atoms with Gasteiger partial charge in [0.05, 0.1) is 0 Å². The lowest BCUT2D eigenvalue weighted by molar-refractivity contribution is 1.51. The number of hydrogen-bond acceptors (Lipinski definition) is 0. The normalized spacial score (nSPS) is 13.0. The van der Waals surface area contributed by atoms with Gasteiger partial charge in [0.25, 0.3) is 0 Å². The first-order chi connectivity index (χ1) is 25.5. The van der Waals surface area contributed by atoms with E-state index < -0.39 is 0 Å². The van der Waals surface area contributed by atoms with Gasteiger partial charge in [0.15, 0.2) is 0 Å². The summed E-state index contributed by atoms with van der Waals surface area (Å²) >= 11 is 0. The molecule has 0 radical (unpaired) electrons. The van der Waals surface area contributed by atoms with Crippen molar-refractivity contribution in [3.05, 3.63) is 144 Å². The van der Waals surface area contributed by atoms with Crippen molar-refractivity contribution < 1.29 is 0 Å². The molecule has 13 rings (SSSR count). The molecule has 0 saturated heterocycles. The second-order valence-electron chi connectivity index (χ2n) is 15.8. The second-order valence-corrected chi connectivity index (χ2v) is 15.8. The standard InChI is InChI=1S/C52H32/c1-25-13-17-33-37(21-25)45-38-22-26(2)14-18-34(38)42-31-11-7-8-12-32(31)44-36-20-16-28(4)24-40(36)46-39-23-27(3)15-19-35(39)43-30-10-6-5-9-29(30)41(33)47-49(43)52(46)50(44)48(42)51(45)47/h5-24H,1-4H3. The number of benzene rings is 13. The molecule has 0 aliphatic rings. The molecule has 240 valence electrons. The molecule has 0 spiro atoms. The molecule has 0 N–H and O–H groups in total. The predicted molar refractivity (Wildman–Crippen MR) is 229 cm³/mol. The van der Waals surface area contributed by atoms with E-state index in [0.717, 1.165) is 0 Å². The Morgan fingerprint density at radius 1 is 0.192 bits per heavy atom. The second kappa shape index (κ2) is 8.97. The first-order valence-electron chi connectivity index (χ1n) is 18.6. The summed E-state index contributed by atoms with van der Waals surface area (Å²) in [6.45, 7) is 9.00. The van der Waals surface area contributed by atoms with Crippen LogP contribution >= 0.6 is 0 Å². The third kappa shape index (κ3) is 2.98. The summed E-state index contributed by atoms with van der Waals surface area (Å²) in [5.74, 6) is 0. The minimum absolute atomic E-state index is 1.30. The molecule has 0 saturated carbocycles. The topological polar surface area (TPSA) is 0 Å². The van der Waals surface area contributed by atoms with E-state index in [1.165, 1.54) is 152 Å². The van der Waals surface area contributed by atoms with Gasteiger partial charge in [-0.25, -0.2) is 0 Å². The molecule has 13 aromatic rings. The van der Waals surface area contributed by atoms with Gasteiger partial charge in [0.1, 0.15) is 0 Å². The van der Waals surface area contributed by atoms with Gasteiger partial charge < -0.3 is 0 Å². The zero-order valence-electron chi connectivity index (χ0n) is 29.5. The van der Waals surface area contributed by atoms with Crippen LogP contribution in [-0.4, -0.2) is 0 Å². The summed E-state index contributed by atoms with van der Waals surface area (Å²) in [6, 6.07) is 47.3. The fourth-order valence-corrected chi connectivity index (χ4v) is 10.9. The van der Waals surface area contributed by atoms with Crippen molar-refractivity contribution >= 4 is 129 Å². The van der Waals surface area contributed by atoms with Crippen molar-refractivity contribution in [1.29, 1.82) is 0 Å². The van der Waals surface area contributed by atoms with Crippen LogP contribution in [-0.2, 0) is 0 Å². The van der Waals surface area contributed by atoms with Crippen LogP contribution < -0.4 is 0 Å². The van der Waals surface area contributed by atoms with Gasteiger partial charge in [-0.2, -0.15) is 0 Å². The average Bonchev–Trinajstić information content (AvgIpc) is 3.16. The number of fused-ring (bicyclic) bond motifs is 18. The van der Waals surface area contributed by atoms with Crippen LogP contribution in [0.1, 0.15) is 22.3 Å². The molecule has 0 aliphatic heterocycles. The van der Waals surface area contributed by atoms with Gasteiger partial charge in [-0.15, -0.1) is 0 Å². The van der Waals surface area contributed by atoms with E-state index in [2.05, 4.69) is 149 Å². The number of rotatable bonds is 0. The Morgan fingerprint density at radius 2 is 0.385 bits per heavy atom. The summed E-state index contributed by atoms with van der Waals surface area (Å²) in [5.41, 5.74) is 5.19. The van der Waals surface area contributed by atoms with Crippen LogP contribution in [0.3, 0.4) is 0 Å². The summed E-state index contributed by atoms with van der Waals surface area (Å²) in [7, 11) is 0. The Labute approximate surface area is 299 Å². The third-order valence-corrected chi connectivity index (χ3v) is 12.8. The number of aryl methyl sites for hydroxylation is 4. The Bertz CT molecular complexity index is 3280. The molecule has 0 fully saturated rings. The molecule has 0 unspecified atom stereocenters. The largest absolute Gasteiger partial charge is 0.0616 e. The van der Waals surface area contributed by atoms with Gasteiger partial charge >= 0.3 is 0 Å². The van der Waals surface area contributed by atoms with E-state index in [1.54, 1.807) is 0 Å². The van der Waals surface area contributed by atoms with E-state index in [1.807, 2.05) is 0 Å². The SMILES string of the molecule is Cc1ccc2c(c1)c1c3cc(C)ccc3c3c4ccccc4c4c5ccc(C)cc5c5c6cc(C)ccc6c6c7ccccc7c2c2c6c5c4c3c12. The minimum atomic E-state index is 1.30.